The molecule has 0 saturated heterocycles. The van der Waals surface area contributed by atoms with Crippen LogP contribution in [0.4, 0.5) is 11.6 Å². The maximum atomic E-state index is 6.01. The summed E-state index contributed by atoms with van der Waals surface area (Å²) in [5, 5.41) is 0.627. The van der Waals surface area contributed by atoms with Crippen LogP contribution in [0.5, 0.6) is 5.75 Å². The predicted octanol–water partition coefficient (Wildman–Crippen LogP) is 2.97. The number of hydrogen-bond acceptors (Lipinski definition) is 4. The lowest BCUT2D eigenvalue weighted by Gasteiger charge is -2.11. The SMILES string of the molecule is CCOc1ccc(Cl)cc1-c1cc(N)nc(N)c1. The molecule has 0 unspecified atom stereocenters. The van der Waals surface area contributed by atoms with E-state index in [1.54, 1.807) is 18.2 Å². The van der Waals surface area contributed by atoms with Crippen LogP contribution in [0.15, 0.2) is 30.3 Å². The first-order chi connectivity index (χ1) is 8.60. The minimum atomic E-state index is 0.368. The second-order valence-electron chi connectivity index (χ2n) is 3.78. The molecule has 1 aromatic heterocycles. The second kappa shape index (κ2) is 5.14. The number of ether oxygens (including phenoxy) is 1. The van der Waals surface area contributed by atoms with E-state index >= 15 is 0 Å². The van der Waals surface area contributed by atoms with Crippen molar-refractivity contribution in [3.8, 4) is 16.9 Å². The molecule has 0 spiro atoms. The van der Waals surface area contributed by atoms with E-state index in [4.69, 9.17) is 27.8 Å². The molecule has 5 heteroatoms. The number of benzene rings is 1. The molecule has 0 aliphatic carbocycles. The molecule has 0 radical (unpaired) electrons. The molecular weight excluding hydrogens is 250 g/mol. The van der Waals surface area contributed by atoms with Gasteiger partial charge in [-0.3, -0.25) is 0 Å². The van der Waals surface area contributed by atoms with Crippen LogP contribution in [-0.4, -0.2) is 11.6 Å². The normalized spacial score (nSPS) is 10.3. The van der Waals surface area contributed by atoms with E-state index in [0.717, 1.165) is 16.9 Å². The van der Waals surface area contributed by atoms with Gasteiger partial charge in [-0.05, 0) is 42.8 Å². The molecule has 0 saturated carbocycles. The summed E-state index contributed by atoms with van der Waals surface area (Å²) in [6.07, 6.45) is 0. The minimum absolute atomic E-state index is 0.368. The zero-order chi connectivity index (χ0) is 13.1. The first-order valence-electron chi connectivity index (χ1n) is 5.56. The highest BCUT2D eigenvalue weighted by Crippen LogP contribution is 2.34. The lowest BCUT2D eigenvalue weighted by molar-refractivity contribution is 0.341. The van der Waals surface area contributed by atoms with Gasteiger partial charge in [-0.25, -0.2) is 4.98 Å². The zero-order valence-electron chi connectivity index (χ0n) is 9.98. The maximum Gasteiger partial charge on any atom is 0.127 e. The molecule has 2 aromatic rings. The first-order valence-corrected chi connectivity index (χ1v) is 5.93. The van der Waals surface area contributed by atoms with Gasteiger partial charge in [-0.1, -0.05) is 11.6 Å². The second-order valence-corrected chi connectivity index (χ2v) is 4.22. The average Bonchev–Trinajstić information content (AvgIpc) is 2.30. The van der Waals surface area contributed by atoms with Gasteiger partial charge in [-0.2, -0.15) is 0 Å². The lowest BCUT2D eigenvalue weighted by Crippen LogP contribution is -1.98. The summed E-state index contributed by atoms with van der Waals surface area (Å²) in [5.41, 5.74) is 13.1. The molecule has 0 fully saturated rings. The van der Waals surface area contributed by atoms with Crippen LogP contribution >= 0.6 is 11.6 Å². The Morgan fingerprint density at radius 1 is 1.17 bits per heavy atom. The van der Waals surface area contributed by atoms with Crippen molar-refractivity contribution in [1.82, 2.24) is 4.98 Å². The summed E-state index contributed by atoms with van der Waals surface area (Å²) >= 11 is 6.01. The molecule has 2 rings (SSSR count). The van der Waals surface area contributed by atoms with Gasteiger partial charge < -0.3 is 16.2 Å². The molecule has 94 valence electrons. The van der Waals surface area contributed by atoms with Crippen LogP contribution in [0, 0.1) is 0 Å². The van der Waals surface area contributed by atoms with Crippen molar-refractivity contribution in [3.05, 3.63) is 35.4 Å². The monoisotopic (exact) mass is 263 g/mol. The quantitative estimate of drug-likeness (QED) is 0.893. The van der Waals surface area contributed by atoms with Crippen molar-refractivity contribution < 1.29 is 4.74 Å². The zero-order valence-corrected chi connectivity index (χ0v) is 10.7. The van der Waals surface area contributed by atoms with E-state index in [1.807, 2.05) is 19.1 Å². The van der Waals surface area contributed by atoms with Crippen molar-refractivity contribution in [2.45, 2.75) is 6.92 Å². The Morgan fingerprint density at radius 2 is 1.83 bits per heavy atom. The summed E-state index contributed by atoms with van der Waals surface area (Å²) in [6, 6.07) is 8.91. The smallest absolute Gasteiger partial charge is 0.127 e. The number of aromatic nitrogens is 1. The molecule has 0 atom stereocenters. The number of nitrogens with zero attached hydrogens (tertiary/aromatic N) is 1. The highest BCUT2D eigenvalue weighted by molar-refractivity contribution is 6.31. The largest absolute Gasteiger partial charge is 0.493 e. The number of halogens is 1. The van der Waals surface area contributed by atoms with E-state index < -0.39 is 0 Å². The summed E-state index contributed by atoms with van der Waals surface area (Å²) in [4.78, 5) is 3.94. The minimum Gasteiger partial charge on any atom is -0.493 e. The highest BCUT2D eigenvalue weighted by atomic mass is 35.5. The van der Waals surface area contributed by atoms with Gasteiger partial charge in [0.2, 0.25) is 0 Å². The summed E-state index contributed by atoms with van der Waals surface area (Å²) in [6.45, 7) is 2.50. The summed E-state index contributed by atoms with van der Waals surface area (Å²) in [7, 11) is 0. The van der Waals surface area contributed by atoms with Crippen molar-refractivity contribution in [1.29, 1.82) is 0 Å². The van der Waals surface area contributed by atoms with Gasteiger partial charge in [0, 0.05) is 10.6 Å². The van der Waals surface area contributed by atoms with Gasteiger partial charge in [-0.15, -0.1) is 0 Å². The Hall–Kier alpha value is -1.94. The fraction of sp³-hybridized carbons (Fsp3) is 0.154. The van der Waals surface area contributed by atoms with E-state index in [1.165, 1.54) is 0 Å². The fourth-order valence-corrected chi connectivity index (χ4v) is 1.91. The molecule has 1 aromatic carbocycles. The Balaban J connectivity index is 2.57. The van der Waals surface area contributed by atoms with Crippen molar-refractivity contribution >= 4 is 23.2 Å². The lowest BCUT2D eigenvalue weighted by atomic mass is 10.1. The Labute approximate surface area is 111 Å². The van der Waals surface area contributed by atoms with Gasteiger partial charge >= 0.3 is 0 Å². The Morgan fingerprint density at radius 3 is 2.44 bits per heavy atom. The molecule has 0 bridgehead atoms. The number of hydrogen-bond donors (Lipinski definition) is 2. The molecule has 0 aliphatic rings. The predicted molar refractivity (Wildman–Crippen MR) is 74.7 cm³/mol. The van der Waals surface area contributed by atoms with Gasteiger partial charge in [0.05, 0.1) is 6.61 Å². The summed E-state index contributed by atoms with van der Waals surface area (Å²) < 4.78 is 5.57. The Bertz CT molecular complexity index is 552. The van der Waals surface area contributed by atoms with Crippen molar-refractivity contribution in [2.24, 2.45) is 0 Å². The van der Waals surface area contributed by atoms with Gasteiger partial charge in [0.15, 0.2) is 0 Å². The average molecular weight is 264 g/mol. The van der Waals surface area contributed by atoms with Crippen LogP contribution < -0.4 is 16.2 Å². The molecule has 4 N–H and O–H groups in total. The van der Waals surface area contributed by atoms with E-state index in [2.05, 4.69) is 4.98 Å². The van der Waals surface area contributed by atoms with Crippen LogP contribution in [0.1, 0.15) is 6.92 Å². The number of pyridine rings is 1. The fourth-order valence-electron chi connectivity index (χ4n) is 1.74. The number of rotatable bonds is 3. The van der Waals surface area contributed by atoms with Crippen molar-refractivity contribution in [3.63, 3.8) is 0 Å². The van der Waals surface area contributed by atoms with Gasteiger partial charge in [0.25, 0.3) is 0 Å². The molecule has 18 heavy (non-hydrogen) atoms. The Kier molecular flexibility index (Phi) is 3.58. The summed E-state index contributed by atoms with van der Waals surface area (Å²) in [5.74, 6) is 1.48. The third-order valence-corrected chi connectivity index (χ3v) is 2.65. The molecule has 0 aliphatic heterocycles. The van der Waals surface area contributed by atoms with Gasteiger partial charge in [0.1, 0.15) is 17.4 Å². The standard InChI is InChI=1S/C13H14ClN3O/c1-2-18-11-4-3-9(14)7-10(11)8-5-12(15)17-13(16)6-8/h3-7H,2H2,1H3,(H4,15,16,17). The number of nitrogen functional groups attached to an aromatic ring is 2. The van der Waals surface area contributed by atoms with E-state index in [-0.39, 0.29) is 0 Å². The topological polar surface area (TPSA) is 74.2 Å². The van der Waals surface area contributed by atoms with Crippen LogP contribution in [0.3, 0.4) is 0 Å². The number of anilines is 2. The maximum absolute atomic E-state index is 6.01. The first kappa shape index (κ1) is 12.5. The van der Waals surface area contributed by atoms with Crippen LogP contribution in [-0.2, 0) is 0 Å². The molecule has 0 amide bonds. The third-order valence-electron chi connectivity index (χ3n) is 2.42. The third kappa shape index (κ3) is 2.65. The molecular formula is C13H14ClN3O. The molecule has 1 heterocycles. The van der Waals surface area contributed by atoms with Crippen LogP contribution in [0.25, 0.3) is 11.1 Å². The van der Waals surface area contributed by atoms with Crippen molar-refractivity contribution in [2.75, 3.05) is 18.1 Å². The van der Waals surface area contributed by atoms with E-state index in [9.17, 15) is 0 Å². The van der Waals surface area contributed by atoms with E-state index in [0.29, 0.717) is 23.3 Å². The highest BCUT2D eigenvalue weighted by Gasteiger charge is 2.09. The van der Waals surface area contributed by atoms with Crippen LogP contribution in [0.2, 0.25) is 5.02 Å². The molecule has 4 nitrogen and oxygen atoms in total. The number of nitrogens with two attached hydrogens (primary N) is 2.